The van der Waals surface area contributed by atoms with Crippen molar-refractivity contribution in [1.29, 1.82) is 0 Å². The fourth-order valence-electron chi connectivity index (χ4n) is 3.34. The Hall–Kier alpha value is -2.28. The maximum atomic E-state index is 11.5. The topological polar surface area (TPSA) is 82.1 Å². The molecule has 0 spiro atoms. The quantitative estimate of drug-likeness (QED) is 0.736. The summed E-state index contributed by atoms with van der Waals surface area (Å²) in [7, 11) is 3.19. The van der Waals surface area contributed by atoms with Crippen LogP contribution in [-0.2, 0) is 11.2 Å². The van der Waals surface area contributed by atoms with E-state index in [1.54, 1.807) is 7.11 Å². The SMILES string of the molecule is CNC(=O)CN(C(=O)O)C1CCN(CCCc2ccc(OC)cc2)CC1. The molecule has 0 unspecified atom stereocenters. The summed E-state index contributed by atoms with van der Waals surface area (Å²) in [5.74, 6) is 0.602. The van der Waals surface area contributed by atoms with Crippen LogP contribution in [0.3, 0.4) is 0 Å². The first-order chi connectivity index (χ1) is 12.5. The Kier molecular flexibility index (Phi) is 7.72. The highest BCUT2D eigenvalue weighted by Crippen LogP contribution is 2.18. The number of piperidine rings is 1. The first-order valence-electron chi connectivity index (χ1n) is 9.09. The van der Waals surface area contributed by atoms with E-state index in [4.69, 9.17) is 4.74 Å². The smallest absolute Gasteiger partial charge is 0.408 e. The molecule has 1 heterocycles. The van der Waals surface area contributed by atoms with E-state index in [2.05, 4.69) is 22.3 Å². The largest absolute Gasteiger partial charge is 0.497 e. The number of ether oxygens (including phenoxy) is 1. The van der Waals surface area contributed by atoms with Crippen LogP contribution in [0.4, 0.5) is 4.79 Å². The van der Waals surface area contributed by atoms with Crippen molar-refractivity contribution in [2.75, 3.05) is 40.3 Å². The molecule has 1 aliphatic heterocycles. The van der Waals surface area contributed by atoms with E-state index in [0.29, 0.717) is 0 Å². The molecule has 0 atom stereocenters. The van der Waals surface area contributed by atoms with Crippen molar-refractivity contribution in [2.45, 2.75) is 31.7 Å². The van der Waals surface area contributed by atoms with Gasteiger partial charge in [-0.25, -0.2) is 4.79 Å². The van der Waals surface area contributed by atoms with Crippen LogP contribution >= 0.6 is 0 Å². The van der Waals surface area contributed by atoms with Crippen LogP contribution in [0.25, 0.3) is 0 Å². The van der Waals surface area contributed by atoms with Crippen molar-refractivity contribution in [3.8, 4) is 5.75 Å². The van der Waals surface area contributed by atoms with Gasteiger partial charge in [-0.2, -0.15) is 0 Å². The van der Waals surface area contributed by atoms with Gasteiger partial charge in [-0.05, 0) is 49.9 Å². The van der Waals surface area contributed by atoms with Crippen molar-refractivity contribution < 1.29 is 19.4 Å². The van der Waals surface area contributed by atoms with E-state index in [0.717, 1.165) is 51.1 Å². The molecule has 7 nitrogen and oxygen atoms in total. The Bertz CT molecular complexity index is 583. The molecular formula is C19H29N3O4. The number of aryl methyl sites for hydroxylation is 1. The molecule has 144 valence electrons. The summed E-state index contributed by atoms with van der Waals surface area (Å²) in [6.07, 6.45) is 2.60. The molecule has 26 heavy (non-hydrogen) atoms. The van der Waals surface area contributed by atoms with E-state index in [1.807, 2.05) is 12.1 Å². The molecule has 1 aromatic carbocycles. The van der Waals surface area contributed by atoms with Crippen LogP contribution < -0.4 is 10.1 Å². The molecule has 0 aliphatic carbocycles. The van der Waals surface area contributed by atoms with E-state index < -0.39 is 6.09 Å². The van der Waals surface area contributed by atoms with Crippen LogP contribution in [0, 0.1) is 0 Å². The summed E-state index contributed by atoms with van der Waals surface area (Å²) in [6, 6.07) is 8.06. The summed E-state index contributed by atoms with van der Waals surface area (Å²) in [6.45, 7) is 2.64. The second-order valence-corrected chi connectivity index (χ2v) is 6.61. The molecule has 1 saturated heterocycles. The van der Waals surface area contributed by atoms with Gasteiger partial charge in [0.05, 0.1) is 7.11 Å². The molecule has 1 aromatic rings. The average molecular weight is 363 g/mol. The minimum Gasteiger partial charge on any atom is -0.497 e. The molecule has 1 fully saturated rings. The van der Waals surface area contributed by atoms with Gasteiger partial charge >= 0.3 is 6.09 Å². The number of nitrogens with one attached hydrogen (secondary N) is 1. The van der Waals surface area contributed by atoms with Gasteiger partial charge in [-0.15, -0.1) is 0 Å². The van der Waals surface area contributed by atoms with Crippen LogP contribution in [0.2, 0.25) is 0 Å². The van der Waals surface area contributed by atoms with Crippen molar-refractivity contribution in [1.82, 2.24) is 15.1 Å². The van der Waals surface area contributed by atoms with Crippen molar-refractivity contribution in [3.05, 3.63) is 29.8 Å². The number of benzene rings is 1. The summed E-state index contributed by atoms with van der Waals surface area (Å²) < 4.78 is 5.17. The summed E-state index contributed by atoms with van der Waals surface area (Å²) >= 11 is 0. The average Bonchev–Trinajstić information content (AvgIpc) is 2.67. The number of carbonyl (C=O) groups is 2. The van der Waals surface area contributed by atoms with E-state index in [1.165, 1.54) is 17.5 Å². The van der Waals surface area contributed by atoms with Crippen molar-refractivity contribution >= 4 is 12.0 Å². The second-order valence-electron chi connectivity index (χ2n) is 6.61. The lowest BCUT2D eigenvalue weighted by Crippen LogP contribution is -2.50. The number of carbonyl (C=O) groups excluding carboxylic acids is 1. The van der Waals surface area contributed by atoms with E-state index in [9.17, 15) is 14.7 Å². The van der Waals surface area contributed by atoms with Crippen LogP contribution in [0.1, 0.15) is 24.8 Å². The molecule has 2 rings (SSSR count). The van der Waals surface area contributed by atoms with Gasteiger partial charge in [0.1, 0.15) is 12.3 Å². The van der Waals surface area contributed by atoms with Gasteiger partial charge in [0.2, 0.25) is 5.91 Å². The first kappa shape index (κ1) is 20.0. The van der Waals surface area contributed by atoms with Gasteiger partial charge in [0.25, 0.3) is 0 Å². The number of nitrogens with zero attached hydrogens (tertiary/aromatic N) is 2. The second kappa shape index (κ2) is 10.0. The van der Waals surface area contributed by atoms with E-state index >= 15 is 0 Å². The molecule has 0 radical (unpaired) electrons. The number of amides is 2. The summed E-state index contributed by atoms with van der Waals surface area (Å²) in [5, 5.41) is 11.9. The molecule has 2 amide bonds. The summed E-state index contributed by atoms with van der Waals surface area (Å²) in [4.78, 5) is 26.6. The monoisotopic (exact) mass is 363 g/mol. The predicted molar refractivity (Wildman–Crippen MR) is 99.6 cm³/mol. The van der Waals surface area contributed by atoms with Gasteiger partial charge in [0, 0.05) is 26.2 Å². The number of methoxy groups -OCH3 is 1. The van der Waals surface area contributed by atoms with Gasteiger partial charge in [-0.1, -0.05) is 12.1 Å². The third kappa shape index (κ3) is 5.91. The Balaban J connectivity index is 1.73. The van der Waals surface area contributed by atoms with Crippen LogP contribution in [0.5, 0.6) is 5.75 Å². The molecule has 0 bridgehead atoms. The number of carboxylic acid groups (broad SMARTS) is 1. The lowest BCUT2D eigenvalue weighted by atomic mass is 10.0. The zero-order valence-electron chi connectivity index (χ0n) is 15.6. The third-order valence-corrected chi connectivity index (χ3v) is 4.94. The zero-order chi connectivity index (χ0) is 18.9. The Morgan fingerprint density at radius 1 is 1.27 bits per heavy atom. The number of hydrogen-bond acceptors (Lipinski definition) is 4. The summed E-state index contributed by atoms with van der Waals surface area (Å²) in [5.41, 5.74) is 1.29. The highest BCUT2D eigenvalue weighted by molar-refractivity contribution is 5.81. The van der Waals surface area contributed by atoms with Gasteiger partial charge in [-0.3, -0.25) is 9.69 Å². The van der Waals surface area contributed by atoms with Gasteiger partial charge in [0.15, 0.2) is 0 Å². The normalized spacial score (nSPS) is 15.5. The number of likely N-dealkylation sites (N-methyl/N-ethyl adjacent to an activating group) is 1. The first-order valence-corrected chi connectivity index (χ1v) is 9.09. The maximum absolute atomic E-state index is 11.5. The molecule has 0 saturated carbocycles. The van der Waals surface area contributed by atoms with Gasteiger partial charge < -0.3 is 20.1 Å². The Labute approximate surface area is 154 Å². The molecular weight excluding hydrogens is 334 g/mol. The highest BCUT2D eigenvalue weighted by atomic mass is 16.5. The minimum atomic E-state index is -1.02. The molecule has 7 heteroatoms. The standard InChI is InChI=1S/C19H29N3O4/c1-20-18(23)14-22(19(24)25)16-9-12-21(13-10-16)11-3-4-15-5-7-17(26-2)8-6-15/h5-8,16H,3-4,9-14H2,1-2H3,(H,20,23)(H,24,25). The fourth-order valence-corrected chi connectivity index (χ4v) is 3.34. The van der Waals surface area contributed by atoms with Crippen molar-refractivity contribution in [2.24, 2.45) is 0 Å². The highest BCUT2D eigenvalue weighted by Gasteiger charge is 2.28. The maximum Gasteiger partial charge on any atom is 0.408 e. The number of hydrogen-bond donors (Lipinski definition) is 2. The Morgan fingerprint density at radius 2 is 1.92 bits per heavy atom. The lowest BCUT2D eigenvalue weighted by Gasteiger charge is -2.36. The predicted octanol–water partition coefficient (Wildman–Crippen LogP) is 1.82. The molecule has 0 aromatic heterocycles. The minimum absolute atomic E-state index is 0.0809. The van der Waals surface area contributed by atoms with Crippen molar-refractivity contribution in [3.63, 3.8) is 0 Å². The zero-order valence-corrected chi connectivity index (χ0v) is 15.6. The number of likely N-dealkylation sites (tertiary alicyclic amines) is 1. The van der Waals surface area contributed by atoms with E-state index in [-0.39, 0.29) is 18.5 Å². The molecule has 2 N–H and O–H groups in total. The van der Waals surface area contributed by atoms with Crippen LogP contribution in [-0.4, -0.2) is 73.3 Å². The third-order valence-electron chi connectivity index (χ3n) is 4.94. The van der Waals surface area contributed by atoms with Crippen LogP contribution in [0.15, 0.2) is 24.3 Å². The fraction of sp³-hybridized carbons (Fsp3) is 0.579. The Morgan fingerprint density at radius 3 is 2.46 bits per heavy atom. The molecule has 1 aliphatic rings. The number of rotatable bonds is 8. The lowest BCUT2D eigenvalue weighted by molar-refractivity contribution is -0.122.